The average Bonchev–Trinajstić information content (AvgIpc) is 2.58. The first-order valence-electron chi connectivity index (χ1n) is 4.72. The summed E-state index contributed by atoms with van der Waals surface area (Å²) in [5.74, 6) is 0.527. The lowest BCUT2D eigenvalue weighted by molar-refractivity contribution is -0.142. The number of nitrogens with zero attached hydrogens (tertiary/aromatic N) is 4. The van der Waals surface area contributed by atoms with E-state index >= 15 is 0 Å². The van der Waals surface area contributed by atoms with E-state index in [1.54, 1.807) is 18.5 Å². The largest absolute Gasteiger partial charge is 0.466 e. The van der Waals surface area contributed by atoms with E-state index in [-0.39, 0.29) is 12.4 Å². The summed E-state index contributed by atoms with van der Waals surface area (Å²) < 4.78 is 6.51. The highest BCUT2D eigenvalue weighted by atomic mass is 32.2. The van der Waals surface area contributed by atoms with Gasteiger partial charge in [0.25, 0.3) is 0 Å². The Kier molecular flexibility index (Phi) is 4.79. The minimum absolute atomic E-state index is 0.102. The van der Waals surface area contributed by atoms with E-state index < -0.39 is 0 Å². The van der Waals surface area contributed by atoms with Gasteiger partial charge in [-0.25, -0.2) is 0 Å². The maximum Gasteiger partial charge on any atom is 0.313 e. The van der Waals surface area contributed by atoms with Crippen LogP contribution in [0.4, 0.5) is 0 Å². The molecule has 0 spiro atoms. The molecule has 0 radical (unpaired) electrons. The Morgan fingerprint density at radius 1 is 1.62 bits per heavy atom. The second kappa shape index (κ2) is 6.12. The van der Waals surface area contributed by atoms with Crippen LogP contribution in [0.5, 0.6) is 0 Å². The molecule has 0 fully saturated rings. The van der Waals surface area contributed by atoms with Crippen LogP contribution in [0.2, 0.25) is 0 Å². The summed E-state index contributed by atoms with van der Waals surface area (Å²) in [5.41, 5.74) is 0. The molecular weight excluding hydrogens is 228 g/mol. The van der Waals surface area contributed by atoms with Gasteiger partial charge in [-0.2, -0.15) is 5.26 Å². The van der Waals surface area contributed by atoms with Crippen LogP contribution < -0.4 is 0 Å². The summed E-state index contributed by atoms with van der Waals surface area (Å²) in [7, 11) is 1.76. The molecule has 1 aromatic heterocycles. The van der Waals surface area contributed by atoms with Crippen LogP contribution in [0.15, 0.2) is 5.16 Å². The van der Waals surface area contributed by atoms with Gasteiger partial charge in [-0.15, -0.1) is 10.2 Å². The van der Waals surface area contributed by atoms with Crippen LogP contribution in [-0.2, 0) is 23.0 Å². The van der Waals surface area contributed by atoms with Crippen molar-refractivity contribution in [2.24, 2.45) is 7.05 Å². The molecule has 0 aromatic carbocycles. The van der Waals surface area contributed by atoms with Gasteiger partial charge in [-0.3, -0.25) is 4.79 Å². The van der Waals surface area contributed by atoms with Gasteiger partial charge in [0, 0.05) is 7.05 Å². The second-order valence-corrected chi connectivity index (χ2v) is 3.83. The minimum atomic E-state index is -0.324. The zero-order chi connectivity index (χ0) is 12.0. The fraction of sp³-hybridized carbons (Fsp3) is 0.556. The summed E-state index contributed by atoms with van der Waals surface area (Å²) in [6, 6.07) is 2.00. The summed E-state index contributed by atoms with van der Waals surface area (Å²) in [6.45, 7) is 2.11. The molecule has 0 unspecified atom stereocenters. The van der Waals surface area contributed by atoms with Crippen molar-refractivity contribution in [3.05, 3.63) is 5.82 Å². The van der Waals surface area contributed by atoms with Crippen LogP contribution in [0, 0.1) is 11.3 Å². The van der Waals surface area contributed by atoms with Gasteiger partial charge >= 0.3 is 5.97 Å². The van der Waals surface area contributed by atoms with E-state index in [4.69, 9.17) is 10.00 Å². The van der Waals surface area contributed by atoms with Gasteiger partial charge in [0.15, 0.2) is 5.16 Å². The molecule has 86 valence electrons. The molecule has 0 saturated heterocycles. The smallest absolute Gasteiger partial charge is 0.313 e. The third-order valence-corrected chi connectivity index (χ3v) is 2.69. The van der Waals surface area contributed by atoms with Crippen molar-refractivity contribution in [1.82, 2.24) is 14.8 Å². The first-order valence-corrected chi connectivity index (χ1v) is 5.71. The Labute approximate surface area is 97.6 Å². The van der Waals surface area contributed by atoms with E-state index in [0.29, 0.717) is 23.3 Å². The molecule has 0 saturated carbocycles. The highest BCUT2D eigenvalue weighted by molar-refractivity contribution is 7.99. The lowest BCUT2D eigenvalue weighted by Crippen LogP contribution is -2.11. The van der Waals surface area contributed by atoms with Crippen molar-refractivity contribution in [3.8, 4) is 6.07 Å². The molecule has 0 amide bonds. The standard InChI is InChI=1S/C9H12N4O2S/c1-3-15-8(14)6-7-11-12-9(13(7)2)16-5-4-10/h3,5-6H2,1-2H3. The summed E-state index contributed by atoms with van der Waals surface area (Å²) >= 11 is 1.28. The Morgan fingerprint density at radius 2 is 2.38 bits per heavy atom. The minimum Gasteiger partial charge on any atom is -0.466 e. The second-order valence-electron chi connectivity index (χ2n) is 2.89. The molecule has 0 atom stereocenters. The zero-order valence-corrected chi connectivity index (χ0v) is 9.95. The first kappa shape index (κ1) is 12.5. The molecule has 1 aromatic rings. The van der Waals surface area contributed by atoms with Crippen LogP contribution >= 0.6 is 11.8 Å². The number of aromatic nitrogens is 3. The molecule has 0 aliphatic rings. The lowest BCUT2D eigenvalue weighted by atomic mass is 10.4. The zero-order valence-electron chi connectivity index (χ0n) is 9.13. The highest BCUT2D eigenvalue weighted by Crippen LogP contribution is 2.14. The van der Waals surface area contributed by atoms with Crippen molar-refractivity contribution in [1.29, 1.82) is 5.26 Å². The fourth-order valence-corrected chi connectivity index (χ4v) is 1.65. The number of hydrogen-bond donors (Lipinski definition) is 0. The number of ether oxygens (including phenoxy) is 1. The van der Waals surface area contributed by atoms with Gasteiger partial charge in [0.05, 0.1) is 18.4 Å². The number of esters is 1. The van der Waals surface area contributed by atoms with E-state index in [1.807, 2.05) is 6.07 Å². The SMILES string of the molecule is CCOC(=O)Cc1nnc(SCC#N)n1C. The molecule has 0 bridgehead atoms. The fourth-order valence-electron chi connectivity index (χ4n) is 1.06. The van der Waals surface area contributed by atoms with E-state index in [0.717, 1.165) is 0 Å². The van der Waals surface area contributed by atoms with Gasteiger partial charge in [0.1, 0.15) is 12.2 Å². The monoisotopic (exact) mass is 240 g/mol. The van der Waals surface area contributed by atoms with Crippen LogP contribution in [0.25, 0.3) is 0 Å². The number of hydrogen-bond acceptors (Lipinski definition) is 6. The molecule has 1 heterocycles. The van der Waals surface area contributed by atoms with E-state index in [9.17, 15) is 4.79 Å². The summed E-state index contributed by atoms with van der Waals surface area (Å²) in [4.78, 5) is 11.2. The molecule has 0 aliphatic carbocycles. The number of carbonyl (C=O) groups excluding carboxylic acids is 1. The third kappa shape index (κ3) is 3.24. The Balaban J connectivity index is 2.65. The molecule has 6 nitrogen and oxygen atoms in total. The summed E-state index contributed by atoms with van der Waals surface area (Å²) in [5, 5.41) is 16.8. The van der Waals surface area contributed by atoms with Crippen molar-refractivity contribution in [2.75, 3.05) is 12.4 Å². The van der Waals surface area contributed by atoms with Crippen LogP contribution in [0.1, 0.15) is 12.7 Å². The van der Waals surface area contributed by atoms with Crippen molar-refractivity contribution in [2.45, 2.75) is 18.5 Å². The van der Waals surface area contributed by atoms with E-state index in [2.05, 4.69) is 10.2 Å². The predicted molar refractivity (Wildman–Crippen MR) is 57.7 cm³/mol. The predicted octanol–water partition coefficient (Wildman–Crippen LogP) is 0.536. The third-order valence-electron chi connectivity index (χ3n) is 1.80. The molecule has 1 rings (SSSR count). The molecule has 0 N–H and O–H groups in total. The Bertz CT molecular complexity index is 410. The normalized spacial score (nSPS) is 9.81. The first-order chi connectivity index (χ1) is 7.69. The van der Waals surface area contributed by atoms with Crippen molar-refractivity contribution in [3.63, 3.8) is 0 Å². The maximum atomic E-state index is 11.2. The van der Waals surface area contributed by atoms with Gasteiger partial charge < -0.3 is 9.30 Å². The number of nitriles is 1. The quantitative estimate of drug-likeness (QED) is 0.552. The number of rotatable bonds is 5. The number of carbonyl (C=O) groups is 1. The Morgan fingerprint density at radius 3 is 3.00 bits per heavy atom. The van der Waals surface area contributed by atoms with Crippen LogP contribution in [0.3, 0.4) is 0 Å². The average molecular weight is 240 g/mol. The molecule has 7 heteroatoms. The van der Waals surface area contributed by atoms with Gasteiger partial charge in [0.2, 0.25) is 0 Å². The lowest BCUT2D eigenvalue weighted by Gasteiger charge is -2.02. The summed E-state index contributed by atoms with van der Waals surface area (Å²) in [6.07, 6.45) is 0.102. The topological polar surface area (TPSA) is 80.8 Å². The van der Waals surface area contributed by atoms with Crippen molar-refractivity contribution < 1.29 is 9.53 Å². The van der Waals surface area contributed by atoms with Crippen molar-refractivity contribution >= 4 is 17.7 Å². The number of thioether (sulfide) groups is 1. The van der Waals surface area contributed by atoms with Gasteiger partial charge in [-0.05, 0) is 6.92 Å². The maximum absolute atomic E-state index is 11.2. The Hall–Kier alpha value is -1.55. The van der Waals surface area contributed by atoms with E-state index in [1.165, 1.54) is 11.8 Å². The molecular formula is C9H12N4O2S. The highest BCUT2D eigenvalue weighted by Gasteiger charge is 2.13. The van der Waals surface area contributed by atoms with Gasteiger partial charge in [-0.1, -0.05) is 11.8 Å². The molecule has 0 aliphatic heterocycles. The van der Waals surface area contributed by atoms with Crippen LogP contribution in [-0.4, -0.2) is 33.1 Å². The molecule has 16 heavy (non-hydrogen) atoms.